The Morgan fingerprint density at radius 3 is 2.29 bits per heavy atom. The van der Waals surface area contributed by atoms with Crippen molar-refractivity contribution in [2.45, 2.75) is 78.7 Å². The molecule has 0 saturated carbocycles. The molecule has 0 aliphatic carbocycles. The van der Waals surface area contributed by atoms with Crippen LogP contribution in [0, 0.1) is 5.92 Å². The number of aromatic nitrogens is 1. The molecule has 226 valence electrons. The van der Waals surface area contributed by atoms with E-state index in [2.05, 4.69) is 10.3 Å². The van der Waals surface area contributed by atoms with Gasteiger partial charge in [0.1, 0.15) is 17.9 Å². The van der Waals surface area contributed by atoms with Crippen LogP contribution in [0.5, 0.6) is 17.2 Å². The van der Waals surface area contributed by atoms with Crippen LogP contribution < -0.4 is 19.5 Å². The monoisotopic (exact) mass is 574 g/mol. The summed E-state index contributed by atoms with van der Waals surface area (Å²) in [5, 5.41) is 2.59. The maximum absolute atomic E-state index is 13.1. The van der Waals surface area contributed by atoms with Crippen LogP contribution in [0.3, 0.4) is 0 Å². The van der Waals surface area contributed by atoms with Crippen molar-refractivity contribution in [2.75, 3.05) is 20.5 Å². The van der Waals surface area contributed by atoms with Gasteiger partial charge in [0.2, 0.25) is 6.79 Å². The Morgan fingerprint density at radius 1 is 0.976 bits per heavy atom. The van der Waals surface area contributed by atoms with Crippen molar-refractivity contribution in [3.8, 4) is 17.2 Å². The molecule has 0 saturated heterocycles. The first-order valence-corrected chi connectivity index (χ1v) is 13.8. The van der Waals surface area contributed by atoms with Crippen LogP contribution in [-0.4, -0.2) is 67.7 Å². The van der Waals surface area contributed by atoms with Gasteiger partial charge in [0.25, 0.3) is 5.91 Å². The zero-order valence-corrected chi connectivity index (χ0v) is 24.9. The van der Waals surface area contributed by atoms with Gasteiger partial charge < -0.3 is 33.7 Å². The molecule has 1 aromatic heterocycles. The van der Waals surface area contributed by atoms with Crippen LogP contribution in [0.2, 0.25) is 0 Å². The van der Waals surface area contributed by atoms with Gasteiger partial charge >= 0.3 is 11.9 Å². The molecule has 0 radical (unpaired) electrons. The largest absolute Gasteiger partial charge is 0.493 e. The number of nitrogens with one attached hydrogen (secondary N) is 1. The second-order valence-corrected chi connectivity index (χ2v) is 9.62. The molecular weight excluding hydrogens is 532 g/mol. The fourth-order valence-corrected chi connectivity index (χ4v) is 3.73. The normalized spacial score (nSPS) is 13.9. The quantitative estimate of drug-likeness (QED) is 0.215. The van der Waals surface area contributed by atoms with Crippen LogP contribution in [-0.2, 0) is 23.8 Å². The number of pyridine rings is 1. The van der Waals surface area contributed by atoms with Crippen molar-refractivity contribution in [1.29, 1.82) is 0 Å². The molecule has 41 heavy (non-hydrogen) atoms. The van der Waals surface area contributed by atoms with E-state index in [-0.39, 0.29) is 29.2 Å². The summed E-state index contributed by atoms with van der Waals surface area (Å²) in [5.74, 6) is -1.41. The number of hydrogen-bond donors (Lipinski definition) is 1. The third-order valence-electron chi connectivity index (χ3n) is 5.97. The Labute approximate surface area is 241 Å². The minimum absolute atomic E-state index is 0.0341. The Hall–Kier alpha value is -3.86. The number of methoxy groups -OCH3 is 1. The molecule has 0 fully saturated rings. The molecule has 11 heteroatoms. The van der Waals surface area contributed by atoms with Crippen molar-refractivity contribution in [3.63, 3.8) is 0 Å². The fraction of sp³-hybridized carbons (Fsp3) is 0.533. The lowest BCUT2D eigenvalue weighted by atomic mass is 10.1. The van der Waals surface area contributed by atoms with Crippen molar-refractivity contribution in [2.24, 2.45) is 5.92 Å². The highest BCUT2D eigenvalue weighted by Gasteiger charge is 2.33. The Bertz CT molecular complexity index is 1110. The van der Waals surface area contributed by atoms with E-state index < -0.39 is 42.9 Å². The van der Waals surface area contributed by atoms with Gasteiger partial charge in [-0.15, -0.1) is 0 Å². The predicted octanol–water partition coefficient (Wildman–Crippen LogP) is 4.33. The van der Waals surface area contributed by atoms with Gasteiger partial charge in [-0.2, -0.15) is 0 Å². The van der Waals surface area contributed by atoms with Gasteiger partial charge in [-0.05, 0) is 38.8 Å². The average molecular weight is 575 g/mol. The summed E-state index contributed by atoms with van der Waals surface area (Å²) in [5.41, 5.74) is -0.151. The molecule has 11 nitrogen and oxygen atoms in total. The van der Waals surface area contributed by atoms with E-state index in [9.17, 15) is 14.4 Å². The zero-order valence-electron chi connectivity index (χ0n) is 24.9. The highest BCUT2D eigenvalue weighted by atomic mass is 16.7. The minimum atomic E-state index is -1.04. The number of para-hydroxylation sites is 1. The van der Waals surface area contributed by atoms with Gasteiger partial charge in [-0.25, -0.2) is 9.78 Å². The molecule has 0 spiro atoms. The SMILES string of the molecule is CCCO[C@@H](CC)[C@@H](Oc1ccccc1)[C@H](C)OC(=O)[C@H](C)NC(=O)c1nccc(OC)c1OCOC(=O)C(C)C. The number of carbonyl (C=O) groups excluding carboxylic acids is 3. The second kappa shape index (κ2) is 17.1. The number of ether oxygens (including phenoxy) is 6. The number of nitrogens with zero attached hydrogens (tertiary/aromatic N) is 1. The molecule has 4 atom stereocenters. The molecule has 0 unspecified atom stereocenters. The first-order valence-electron chi connectivity index (χ1n) is 13.8. The van der Waals surface area contributed by atoms with Gasteiger partial charge in [0.05, 0.1) is 19.1 Å². The van der Waals surface area contributed by atoms with Crippen LogP contribution in [0.4, 0.5) is 0 Å². The van der Waals surface area contributed by atoms with Gasteiger partial charge in [-0.1, -0.05) is 45.9 Å². The maximum atomic E-state index is 13.1. The summed E-state index contributed by atoms with van der Waals surface area (Å²) in [6.07, 6.45) is 1.22. The standard InChI is InChI=1S/C30H42N2O9/c1-8-17-37-23(9-2)26(41-22-13-11-10-12-14-22)21(6)40-30(35)20(5)32-28(33)25-27(24(36-7)15-16-31-25)38-18-39-29(34)19(3)4/h10-16,19-21,23,26H,8-9,17-18H2,1-7H3,(H,32,33)/t20-,21-,23-,26-/m0/s1. The van der Waals surface area contributed by atoms with Crippen LogP contribution in [0.15, 0.2) is 42.6 Å². The van der Waals surface area contributed by atoms with Crippen molar-refractivity contribution in [1.82, 2.24) is 10.3 Å². The molecule has 2 rings (SSSR count). The molecular formula is C30H42N2O9. The van der Waals surface area contributed by atoms with E-state index in [0.29, 0.717) is 18.8 Å². The highest BCUT2D eigenvalue weighted by Crippen LogP contribution is 2.29. The van der Waals surface area contributed by atoms with E-state index in [4.69, 9.17) is 28.4 Å². The summed E-state index contributed by atoms with van der Waals surface area (Å²) in [6.45, 7) is 10.7. The molecule has 0 aliphatic rings. The lowest BCUT2D eigenvalue weighted by Gasteiger charge is -2.32. The van der Waals surface area contributed by atoms with E-state index in [1.807, 2.05) is 44.2 Å². The fourth-order valence-electron chi connectivity index (χ4n) is 3.73. The average Bonchev–Trinajstić information content (AvgIpc) is 2.96. The molecule has 1 N–H and O–H groups in total. The highest BCUT2D eigenvalue weighted by molar-refractivity contribution is 5.98. The van der Waals surface area contributed by atoms with Crippen LogP contribution in [0.1, 0.15) is 64.9 Å². The number of esters is 2. The summed E-state index contributed by atoms with van der Waals surface area (Å²) in [7, 11) is 1.40. The molecule has 1 heterocycles. The minimum Gasteiger partial charge on any atom is -0.493 e. The van der Waals surface area contributed by atoms with Crippen molar-refractivity contribution < 1.29 is 42.8 Å². The molecule has 1 amide bonds. The number of benzene rings is 1. The lowest BCUT2D eigenvalue weighted by molar-refractivity contribution is -0.160. The summed E-state index contributed by atoms with van der Waals surface area (Å²) < 4.78 is 33.8. The first kappa shape index (κ1) is 33.3. The van der Waals surface area contributed by atoms with E-state index in [0.717, 1.165) is 6.42 Å². The Balaban J connectivity index is 2.13. The molecule has 0 aliphatic heterocycles. The maximum Gasteiger partial charge on any atom is 0.328 e. The second-order valence-electron chi connectivity index (χ2n) is 9.62. The predicted molar refractivity (Wildman–Crippen MR) is 151 cm³/mol. The third kappa shape index (κ3) is 10.2. The van der Waals surface area contributed by atoms with Gasteiger partial charge in [-0.3, -0.25) is 9.59 Å². The smallest absolute Gasteiger partial charge is 0.328 e. The number of hydrogen-bond acceptors (Lipinski definition) is 10. The van der Waals surface area contributed by atoms with Crippen LogP contribution >= 0.6 is 0 Å². The van der Waals surface area contributed by atoms with Crippen LogP contribution in [0.25, 0.3) is 0 Å². The zero-order chi connectivity index (χ0) is 30.4. The van der Waals surface area contributed by atoms with Crippen molar-refractivity contribution in [3.05, 3.63) is 48.3 Å². The Morgan fingerprint density at radius 2 is 1.68 bits per heavy atom. The Kier molecular flexibility index (Phi) is 13.9. The topological polar surface area (TPSA) is 132 Å². The van der Waals surface area contributed by atoms with Gasteiger partial charge in [0.15, 0.2) is 23.3 Å². The number of carbonyl (C=O) groups is 3. The number of amides is 1. The molecule has 1 aromatic carbocycles. The summed E-state index contributed by atoms with van der Waals surface area (Å²) in [6, 6.07) is 9.68. The van der Waals surface area contributed by atoms with E-state index in [1.54, 1.807) is 20.8 Å². The summed E-state index contributed by atoms with van der Waals surface area (Å²) >= 11 is 0. The summed E-state index contributed by atoms with van der Waals surface area (Å²) in [4.78, 5) is 42.0. The molecule has 0 bridgehead atoms. The lowest BCUT2D eigenvalue weighted by Crippen LogP contribution is -2.47. The van der Waals surface area contributed by atoms with Gasteiger partial charge in [0, 0.05) is 18.9 Å². The third-order valence-corrected chi connectivity index (χ3v) is 5.97. The van der Waals surface area contributed by atoms with E-state index >= 15 is 0 Å². The first-order chi connectivity index (χ1) is 19.6. The molecule has 2 aromatic rings. The van der Waals surface area contributed by atoms with E-state index in [1.165, 1.54) is 26.3 Å². The number of rotatable bonds is 17. The van der Waals surface area contributed by atoms with Crippen molar-refractivity contribution >= 4 is 17.8 Å².